The van der Waals surface area contributed by atoms with E-state index in [0.717, 1.165) is 25.2 Å². The number of carbonyl (C=O) groups excluding carboxylic acids is 2. The molecule has 1 aliphatic heterocycles. The van der Waals surface area contributed by atoms with Crippen LogP contribution < -0.4 is 10.4 Å². The van der Waals surface area contributed by atoms with Crippen LogP contribution in [-0.2, 0) is 14.4 Å². The third-order valence-electron chi connectivity index (χ3n) is 6.07. The van der Waals surface area contributed by atoms with Crippen molar-refractivity contribution < 1.29 is 39.0 Å². The van der Waals surface area contributed by atoms with Crippen LogP contribution in [-0.4, -0.2) is 81.2 Å². The summed E-state index contributed by atoms with van der Waals surface area (Å²) in [7, 11) is 0. The standard InChI is InChI=1S/C22H27FN4O2.C4H6O5/c1-5-26(6-2)12-11-24-21(28)20-14(3)18(25-15(20)4)13-17-16-9-7-8-10-19(16)27(23)22(17)29;5-2(4(8)9)1-3(6)7/h7-10,13,25H,5-6,11-12H2,1-4H3,(H,24,28);2,5H,1H2,(H,6,7)(H,8,9)/b17-13-;/t;2-/m.0/s1. The van der Waals surface area contributed by atoms with Crippen molar-refractivity contribution in [3.63, 3.8) is 0 Å². The van der Waals surface area contributed by atoms with Gasteiger partial charge < -0.3 is 30.5 Å². The number of aryl methyl sites for hydroxylation is 1. The Morgan fingerprint density at radius 1 is 1.16 bits per heavy atom. The van der Waals surface area contributed by atoms with Crippen molar-refractivity contribution in [2.75, 3.05) is 31.3 Å². The van der Waals surface area contributed by atoms with E-state index in [-0.39, 0.29) is 22.3 Å². The zero-order valence-electron chi connectivity index (χ0n) is 21.7. The summed E-state index contributed by atoms with van der Waals surface area (Å²) in [5, 5.41) is 27.3. The molecule has 2 heterocycles. The molecule has 0 aliphatic carbocycles. The fraction of sp³-hybridized carbons (Fsp3) is 0.385. The highest BCUT2D eigenvalue weighted by atomic mass is 19.2. The van der Waals surface area contributed by atoms with Gasteiger partial charge in [0.15, 0.2) is 6.10 Å². The van der Waals surface area contributed by atoms with E-state index >= 15 is 0 Å². The highest BCUT2D eigenvalue weighted by Gasteiger charge is 2.33. The topological polar surface area (TPSA) is 163 Å². The van der Waals surface area contributed by atoms with Crippen molar-refractivity contribution in [2.24, 2.45) is 0 Å². The number of nitrogens with one attached hydrogen (secondary N) is 2. The number of para-hydroxylation sites is 1. The lowest BCUT2D eigenvalue weighted by atomic mass is 10.0. The number of carbonyl (C=O) groups is 4. The molecule has 0 unspecified atom stereocenters. The number of aliphatic hydroxyl groups is 1. The number of H-pyrrole nitrogens is 1. The Hall–Kier alpha value is -4.03. The average molecular weight is 533 g/mol. The number of fused-ring (bicyclic) bond motifs is 1. The molecule has 1 atom stereocenters. The van der Waals surface area contributed by atoms with Crippen LogP contribution in [0.1, 0.15) is 53.1 Å². The lowest BCUT2D eigenvalue weighted by Crippen LogP contribution is -2.35. The quantitative estimate of drug-likeness (QED) is 0.230. The fourth-order valence-corrected chi connectivity index (χ4v) is 3.95. The minimum Gasteiger partial charge on any atom is -0.481 e. The largest absolute Gasteiger partial charge is 0.481 e. The van der Waals surface area contributed by atoms with Gasteiger partial charge in [-0.2, -0.15) is 0 Å². The third kappa shape index (κ3) is 7.26. The monoisotopic (exact) mass is 532 g/mol. The van der Waals surface area contributed by atoms with Crippen molar-refractivity contribution in [1.29, 1.82) is 0 Å². The average Bonchev–Trinajstić information content (AvgIpc) is 3.29. The molecule has 0 saturated heterocycles. The molecule has 1 aliphatic rings. The summed E-state index contributed by atoms with van der Waals surface area (Å²) in [6.45, 7) is 11.0. The molecule has 2 aromatic rings. The van der Waals surface area contributed by atoms with Crippen molar-refractivity contribution in [2.45, 2.75) is 40.2 Å². The van der Waals surface area contributed by atoms with Crippen LogP contribution in [0.3, 0.4) is 0 Å². The first-order valence-corrected chi connectivity index (χ1v) is 12.1. The number of likely N-dealkylation sites (N-methyl/N-ethyl adjacent to an activating group) is 1. The molecule has 0 radical (unpaired) electrons. The Labute approximate surface area is 219 Å². The van der Waals surface area contributed by atoms with Gasteiger partial charge in [-0.05, 0) is 44.6 Å². The predicted molar refractivity (Wildman–Crippen MR) is 139 cm³/mol. The van der Waals surface area contributed by atoms with Crippen molar-refractivity contribution >= 4 is 41.1 Å². The highest BCUT2D eigenvalue weighted by molar-refractivity contribution is 6.35. The van der Waals surface area contributed by atoms with E-state index in [1.54, 1.807) is 30.3 Å². The Morgan fingerprint density at radius 2 is 1.79 bits per heavy atom. The summed E-state index contributed by atoms with van der Waals surface area (Å²) in [6.07, 6.45) is -0.923. The van der Waals surface area contributed by atoms with Gasteiger partial charge in [0.1, 0.15) is 0 Å². The number of carboxylic acids is 2. The molecule has 38 heavy (non-hydrogen) atoms. The van der Waals surface area contributed by atoms with Gasteiger partial charge in [-0.15, -0.1) is 5.12 Å². The van der Waals surface area contributed by atoms with Crippen molar-refractivity contribution in [3.05, 3.63) is 52.3 Å². The first-order chi connectivity index (χ1) is 17.9. The van der Waals surface area contributed by atoms with Gasteiger partial charge in [0.25, 0.3) is 11.8 Å². The second-order valence-electron chi connectivity index (χ2n) is 8.56. The van der Waals surface area contributed by atoms with Crippen LogP contribution in [0.25, 0.3) is 11.6 Å². The van der Waals surface area contributed by atoms with E-state index in [1.165, 1.54) is 0 Å². The number of hydrogen-bond donors (Lipinski definition) is 5. The number of halogens is 1. The second kappa shape index (κ2) is 13.5. The lowest BCUT2D eigenvalue weighted by Gasteiger charge is -2.18. The molecule has 0 spiro atoms. The van der Waals surface area contributed by atoms with E-state index in [9.17, 15) is 23.7 Å². The maximum Gasteiger partial charge on any atom is 0.333 e. The summed E-state index contributed by atoms with van der Waals surface area (Å²) in [5.41, 5.74) is 3.68. The summed E-state index contributed by atoms with van der Waals surface area (Å²) < 4.78 is 14.2. The number of aromatic amines is 1. The SMILES string of the molecule is CCN(CC)CCNC(=O)c1c(C)[nH]c(/C=C2\C(=O)N(F)c3ccccc32)c1C.O=C(O)C[C@H](O)C(=O)O. The zero-order chi connectivity index (χ0) is 28.6. The molecule has 3 rings (SSSR count). The Kier molecular flexibility index (Phi) is 10.7. The van der Waals surface area contributed by atoms with Crippen LogP contribution >= 0.6 is 0 Å². The minimum atomic E-state index is -1.79. The Bertz CT molecular complexity index is 1220. The second-order valence-corrected chi connectivity index (χ2v) is 8.56. The zero-order valence-corrected chi connectivity index (χ0v) is 21.7. The Morgan fingerprint density at radius 3 is 2.34 bits per heavy atom. The number of aromatic nitrogens is 1. The number of hydrogen-bond acceptors (Lipinski definition) is 6. The summed E-state index contributed by atoms with van der Waals surface area (Å²) in [6, 6.07) is 6.73. The van der Waals surface area contributed by atoms with Gasteiger partial charge in [0, 0.05) is 30.0 Å². The first-order valence-electron chi connectivity index (χ1n) is 12.1. The molecule has 206 valence electrons. The van der Waals surface area contributed by atoms with Crippen LogP contribution in [0.2, 0.25) is 0 Å². The number of rotatable bonds is 10. The number of amides is 2. The molecular formula is C26H33FN4O7. The van der Waals surface area contributed by atoms with E-state index in [2.05, 4.69) is 29.0 Å². The van der Waals surface area contributed by atoms with Gasteiger partial charge in [0.05, 0.1) is 23.2 Å². The van der Waals surface area contributed by atoms with E-state index in [0.29, 0.717) is 29.1 Å². The van der Waals surface area contributed by atoms with E-state index in [1.807, 2.05) is 13.8 Å². The fourth-order valence-electron chi connectivity index (χ4n) is 3.95. The number of anilines is 1. The number of nitrogens with zero attached hydrogens (tertiary/aromatic N) is 2. The highest BCUT2D eigenvalue weighted by Crippen LogP contribution is 2.38. The first kappa shape index (κ1) is 30.2. The minimum absolute atomic E-state index is 0.154. The van der Waals surface area contributed by atoms with Gasteiger partial charge in [0.2, 0.25) is 0 Å². The molecule has 5 N–H and O–H groups in total. The summed E-state index contributed by atoms with van der Waals surface area (Å²) in [4.78, 5) is 49.9. The van der Waals surface area contributed by atoms with Crippen LogP contribution in [0, 0.1) is 13.8 Å². The number of aliphatic hydroxyl groups excluding tert-OH is 1. The molecule has 12 heteroatoms. The number of benzene rings is 1. The molecule has 1 aromatic heterocycles. The third-order valence-corrected chi connectivity index (χ3v) is 6.07. The van der Waals surface area contributed by atoms with Gasteiger partial charge in [-0.3, -0.25) is 14.4 Å². The molecule has 2 amide bonds. The van der Waals surface area contributed by atoms with Gasteiger partial charge in [-0.25, -0.2) is 4.79 Å². The van der Waals surface area contributed by atoms with Crippen molar-refractivity contribution in [3.8, 4) is 0 Å². The number of carboxylic acid groups (broad SMARTS) is 2. The van der Waals surface area contributed by atoms with Crippen molar-refractivity contribution in [1.82, 2.24) is 15.2 Å². The van der Waals surface area contributed by atoms with E-state index < -0.39 is 30.4 Å². The lowest BCUT2D eigenvalue weighted by molar-refractivity contribution is -0.152. The molecule has 11 nitrogen and oxygen atoms in total. The van der Waals surface area contributed by atoms with Gasteiger partial charge in [-0.1, -0.05) is 36.5 Å². The molecule has 0 saturated carbocycles. The molecule has 1 aromatic carbocycles. The summed E-state index contributed by atoms with van der Waals surface area (Å²) in [5.74, 6) is -3.70. The molecular weight excluding hydrogens is 499 g/mol. The molecule has 0 bridgehead atoms. The Balaban J connectivity index is 0.000000484. The van der Waals surface area contributed by atoms with Crippen LogP contribution in [0.15, 0.2) is 24.3 Å². The summed E-state index contributed by atoms with van der Waals surface area (Å²) >= 11 is 0. The number of aliphatic carboxylic acids is 2. The van der Waals surface area contributed by atoms with Crippen LogP contribution in [0.5, 0.6) is 0 Å². The maximum absolute atomic E-state index is 14.2. The normalized spacial score (nSPS) is 14.2. The van der Waals surface area contributed by atoms with Gasteiger partial charge >= 0.3 is 11.9 Å². The smallest absolute Gasteiger partial charge is 0.333 e. The van der Waals surface area contributed by atoms with E-state index in [4.69, 9.17) is 15.3 Å². The maximum atomic E-state index is 14.2. The van der Waals surface area contributed by atoms with Crippen LogP contribution in [0.4, 0.5) is 10.2 Å². The molecule has 0 fully saturated rings. The predicted octanol–water partition coefficient (Wildman–Crippen LogP) is 2.38.